The number of aryl methyl sites for hydroxylation is 1. The van der Waals surface area contributed by atoms with Crippen LogP contribution in [0.5, 0.6) is 0 Å². The van der Waals surface area contributed by atoms with E-state index >= 15 is 0 Å². The lowest BCUT2D eigenvalue weighted by Crippen LogP contribution is -2.30. The van der Waals surface area contributed by atoms with Gasteiger partial charge in [-0.25, -0.2) is 0 Å². The van der Waals surface area contributed by atoms with Crippen LogP contribution >= 0.6 is 11.6 Å². The van der Waals surface area contributed by atoms with Gasteiger partial charge in [0.2, 0.25) is 5.91 Å². The number of hydrogen-bond donors (Lipinski definition) is 1. The van der Waals surface area contributed by atoms with Gasteiger partial charge < -0.3 is 15.0 Å². The van der Waals surface area contributed by atoms with Crippen molar-refractivity contribution in [3.63, 3.8) is 0 Å². The molecule has 3 rings (SSSR count). The Morgan fingerprint density at radius 1 is 1.21 bits per heavy atom. The molecule has 2 amide bonds. The zero-order valence-electron chi connectivity index (χ0n) is 16.4. The fourth-order valence-electron chi connectivity index (χ4n) is 3.14. The number of nitrogens with zero attached hydrogens (tertiary/aromatic N) is 1. The van der Waals surface area contributed by atoms with Crippen molar-refractivity contribution in [3.05, 3.63) is 58.6 Å². The van der Waals surface area contributed by atoms with Gasteiger partial charge in [-0.15, -0.1) is 0 Å². The molecule has 0 spiro atoms. The first-order valence-electron chi connectivity index (χ1n) is 9.49. The predicted octanol–water partition coefficient (Wildman–Crippen LogP) is 3.89. The molecule has 0 aliphatic carbocycles. The number of esters is 1. The molecular weight excluding hydrogens is 392 g/mol. The van der Waals surface area contributed by atoms with Gasteiger partial charge in [-0.2, -0.15) is 0 Å². The number of benzene rings is 2. The summed E-state index contributed by atoms with van der Waals surface area (Å²) in [7, 11) is 0. The Labute approximate surface area is 174 Å². The van der Waals surface area contributed by atoms with Gasteiger partial charge in [0.15, 0.2) is 6.10 Å². The predicted molar refractivity (Wildman–Crippen MR) is 112 cm³/mol. The molecule has 1 N–H and O–H groups in total. The normalized spacial score (nSPS) is 14.6. The Morgan fingerprint density at radius 3 is 2.59 bits per heavy atom. The van der Waals surface area contributed by atoms with Crippen molar-refractivity contribution in [2.24, 2.45) is 0 Å². The molecule has 0 aromatic heterocycles. The molecule has 0 bridgehead atoms. The first-order valence-corrected chi connectivity index (χ1v) is 9.87. The third-order valence-electron chi connectivity index (χ3n) is 4.80. The molecule has 7 heteroatoms. The van der Waals surface area contributed by atoms with Crippen molar-refractivity contribution in [1.29, 1.82) is 0 Å². The van der Waals surface area contributed by atoms with Crippen molar-refractivity contribution in [2.75, 3.05) is 16.8 Å². The second-order valence-electron chi connectivity index (χ2n) is 7.07. The van der Waals surface area contributed by atoms with Crippen LogP contribution in [0.1, 0.15) is 30.9 Å². The molecule has 0 saturated carbocycles. The lowest BCUT2D eigenvalue weighted by Gasteiger charge is -2.16. The molecule has 1 aliphatic heterocycles. The van der Waals surface area contributed by atoms with E-state index in [0.717, 1.165) is 29.8 Å². The van der Waals surface area contributed by atoms with Crippen LogP contribution in [0.2, 0.25) is 5.02 Å². The summed E-state index contributed by atoms with van der Waals surface area (Å²) in [5.41, 5.74) is 3.02. The van der Waals surface area contributed by atoms with Crippen molar-refractivity contribution in [2.45, 2.75) is 39.2 Å². The molecule has 1 unspecified atom stereocenters. The molecule has 29 heavy (non-hydrogen) atoms. The van der Waals surface area contributed by atoms with Gasteiger partial charge in [0, 0.05) is 29.4 Å². The van der Waals surface area contributed by atoms with E-state index in [2.05, 4.69) is 5.32 Å². The fourth-order valence-corrected chi connectivity index (χ4v) is 3.31. The summed E-state index contributed by atoms with van der Waals surface area (Å²) in [6.45, 7) is 4.09. The van der Waals surface area contributed by atoms with Gasteiger partial charge in [0.1, 0.15) is 0 Å². The lowest BCUT2D eigenvalue weighted by molar-refractivity contribution is -0.152. The first kappa shape index (κ1) is 20.9. The number of nitrogens with one attached hydrogen (secondary N) is 1. The number of hydrogen-bond acceptors (Lipinski definition) is 4. The average Bonchev–Trinajstić information content (AvgIpc) is 3.11. The minimum atomic E-state index is -0.942. The van der Waals surface area contributed by atoms with E-state index in [4.69, 9.17) is 16.3 Å². The molecule has 2 aromatic rings. The van der Waals surface area contributed by atoms with Crippen LogP contribution in [0.3, 0.4) is 0 Å². The molecule has 1 fully saturated rings. The van der Waals surface area contributed by atoms with E-state index in [1.807, 2.05) is 19.1 Å². The van der Waals surface area contributed by atoms with Crippen LogP contribution in [0.4, 0.5) is 11.4 Å². The second-order valence-corrected chi connectivity index (χ2v) is 7.51. The highest BCUT2D eigenvalue weighted by Gasteiger charge is 2.22. The maximum absolute atomic E-state index is 12.3. The van der Waals surface area contributed by atoms with Crippen LogP contribution in [-0.2, 0) is 25.5 Å². The lowest BCUT2D eigenvalue weighted by atomic mass is 10.1. The molecule has 1 heterocycles. The smallest absolute Gasteiger partial charge is 0.311 e. The Kier molecular flexibility index (Phi) is 6.54. The van der Waals surface area contributed by atoms with Gasteiger partial charge in [0.05, 0.1) is 6.42 Å². The number of ether oxygens (including phenoxy) is 1. The second kappa shape index (κ2) is 9.09. The van der Waals surface area contributed by atoms with E-state index in [1.54, 1.807) is 35.2 Å². The number of carbonyl (C=O) groups excluding carboxylic acids is 3. The summed E-state index contributed by atoms with van der Waals surface area (Å²) in [6.07, 6.45) is 0.536. The molecule has 6 nitrogen and oxygen atoms in total. The summed E-state index contributed by atoms with van der Waals surface area (Å²) < 4.78 is 5.26. The Morgan fingerprint density at radius 2 is 1.93 bits per heavy atom. The fraction of sp³-hybridized carbons (Fsp3) is 0.318. The maximum Gasteiger partial charge on any atom is 0.311 e. The van der Waals surface area contributed by atoms with Gasteiger partial charge >= 0.3 is 5.97 Å². The summed E-state index contributed by atoms with van der Waals surface area (Å²) in [4.78, 5) is 38.1. The monoisotopic (exact) mass is 414 g/mol. The zero-order chi connectivity index (χ0) is 21.0. The highest BCUT2D eigenvalue weighted by atomic mass is 35.5. The third-order valence-corrected chi connectivity index (χ3v) is 5.04. The largest absolute Gasteiger partial charge is 0.452 e. The quantitative estimate of drug-likeness (QED) is 0.727. The van der Waals surface area contributed by atoms with Crippen LogP contribution < -0.4 is 10.2 Å². The Bertz CT molecular complexity index is 927. The number of carbonyl (C=O) groups is 3. The van der Waals surface area contributed by atoms with E-state index < -0.39 is 18.0 Å². The summed E-state index contributed by atoms with van der Waals surface area (Å²) in [5.74, 6) is -0.806. The number of amides is 2. The standard InChI is InChI=1S/C22H23ClN2O4/c1-14-5-8-17(23)13-19(14)24-22(28)15(2)29-21(27)12-16-6-9-18(10-7-16)25-11-3-4-20(25)26/h5-10,13,15H,3-4,11-12H2,1-2H3,(H,24,28). The van der Waals surface area contributed by atoms with Gasteiger partial charge in [-0.1, -0.05) is 29.8 Å². The minimum absolute atomic E-state index is 0.0437. The highest BCUT2D eigenvalue weighted by molar-refractivity contribution is 6.31. The topological polar surface area (TPSA) is 75.7 Å². The highest BCUT2D eigenvalue weighted by Crippen LogP contribution is 2.22. The first-order chi connectivity index (χ1) is 13.8. The van der Waals surface area contributed by atoms with Crippen LogP contribution in [0.15, 0.2) is 42.5 Å². The summed E-state index contributed by atoms with van der Waals surface area (Å²) in [5, 5.41) is 3.23. The summed E-state index contributed by atoms with van der Waals surface area (Å²) >= 11 is 5.96. The van der Waals surface area contributed by atoms with Crippen molar-refractivity contribution in [3.8, 4) is 0 Å². The van der Waals surface area contributed by atoms with E-state index in [9.17, 15) is 14.4 Å². The molecule has 1 atom stereocenters. The Hall–Kier alpha value is -2.86. The van der Waals surface area contributed by atoms with Crippen molar-refractivity contribution in [1.82, 2.24) is 0 Å². The minimum Gasteiger partial charge on any atom is -0.452 e. The Balaban J connectivity index is 1.53. The number of rotatable bonds is 6. The van der Waals surface area contributed by atoms with Crippen molar-refractivity contribution < 1.29 is 19.1 Å². The molecule has 1 aliphatic rings. The zero-order valence-corrected chi connectivity index (χ0v) is 17.2. The van der Waals surface area contributed by atoms with Crippen molar-refractivity contribution >= 4 is 40.8 Å². The molecular formula is C22H23ClN2O4. The van der Waals surface area contributed by atoms with Crippen LogP contribution in [-0.4, -0.2) is 30.4 Å². The van der Waals surface area contributed by atoms with E-state index in [-0.39, 0.29) is 12.3 Å². The van der Waals surface area contributed by atoms with E-state index in [0.29, 0.717) is 17.1 Å². The van der Waals surface area contributed by atoms with Crippen LogP contribution in [0, 0.1) is 6.92 Å². The average molecular weight is 415 g/mol. The molecule has 0 radical (unpaired) electrons. The molecule has 1 saturated heterocycles. The SMILES string of the molecule is Cc1ccc(Cl)cc1NC(=O)C(C)OC(=O)Cc1ccc(N2CCCC2=O)cc1. The van der Waals surface area contributed by atoms with Crippen LogP contribution in [0.25, 0.3) is 0 Å². The third kappa shape index (κ3) is 5.35. The van der Waals surface area contributed by atoms with Gasteiger partial charge in [-0.3, -0.25) is 14.4 Å². The van der Waals surface area contributed by atoms with E-state index in [1.165, 1.54) is 6.92 Å². The maximum atomic E-state index is 12.3. The molecule has 2 aromatic carbocycles. The molecule has 152 valence electrons. The van der Waals surface area contributed by atoms with Gasteiger partial charge in [-0.05, 0) is 55.7 Å². The summed E-state index contributed by atoms with van der Waals surface area (Å²) in [6, 6.07) is 12.4. The van der Waals surface area contributed by atoms with Gasteiger partial charge in [0.25, 0.3) is 5.91 Å². The number of anilines is 2. The number of halogens is 1.